The molecule has 7 nitrogen and oxygen atoms in total. The zero-order valence-electron chi connectivity index (χ0n) is 29.3. The highest BCUT2D eigenvalue weighted by Gasteiger charge is 2.62. The van der Waals surface area contributed by atoms with E-state index in [1.165, 1.54) is 57.8 Å². The summed E-state index contributed by atoms with van der Waals surface area (Å²) < 4.78 is 0. The molecule has 0 bridgehead atoms. The second-order valence-corrected chi connectivity index (χ2v) is 15.9. The first-order valence-corrected chi connectivity index (χ1v) is 19.0. The molecule has 10 atom stereocenters. The predicted molar refractivity (Wildman–Crippen MR) is 183 cm³/mol. The van der Waals surface area contributed by atoms with Crippen LogP contribution in [0.25, 0.3) is 0 Å². The van der Waals surface area contributed by atoms with Crippen molar-refractivity contribution in [2.24, 2.45) is 52.1 Å². The molecule has 7 heteroatoms. The molecule has 0 radical (unpaired) electrons. The predicted octanol–water partition coefficient (Wildman–Crippen LogP) is 5.17. The highest BCUT2D eigenvalue weighted by molar-refractivity contribution is 5.76. The van der Waals surface area contributed by atoms with Gasteiger partial charge in [-0.3, -0.25) is 4.79 Å². The number of rotatable bonds is 18. The summed E-state index contributed by atoms with van der Waals surface area (Å²) in [6, 6.07) is 0.605. The van der Waals surface area contributed by atoms with Gasteiger partial charge in [0, 0.05) is 25.6 Å². The molecule has 4 aliphatic rings. The third kappa shape index (κ3) is 8.21. The van der Waals surface area contributed by atoms with Gasteiger partial charge in [0.05, 0.1) is 6.10 Å². The number of aliphatic hydroxyl groups is 1. The van der Waals surface area contributed by atoms with Crippen molar-refractivity contribution in [1.29, 1.82) is 0 Å². The standard InChI is InChI=1S/C37H71N5O2/c1-6-42(7-2)34(44)14-11-27(3)30-12-13-31-35-32(16-18-37(30,31)5)36(4)17-15-29(25-28(36)26-33(35)43)41-24-10-23-40-22-9-21-39-20-8-19-38/h27-33,35,39-41,43H,6-26,38H2,1-5H3/t27-,28?,29+,30-,31?,32?,33-,35?,36+,37-/m1/s1. The van der Waals surface area contributed by atoms with Crippen LogP contribution < -0.4 is 21.7 Å². The molecule has 0 aromatic heterocycles. The van der Waals surface area contributed by atoms with Gasteiger partial charge in [0.15, 0.2) is 0 Å². The van der Waals surface area contributed by atoms with Crippen LogP contribution in [-0.4, -0.2) is 80.4 Å². The van der Waals surface area contributed by atoms with Crippen LogP contribution in [0.15, 0.2) is 0 Å². The van der Waals surface area contributed by atoms with Crippen LogP contribution in [0, 0.1) is 46.3 Å². The van der Waals surface area contributed by atoms with Crippen molar-refractivity contribution in [2.45, 2.75) is 130 Å². The number of hydrogen-bond donors (Lipinski definition) is 5. The van der Waals surface area contributed by atoms with Crippen molar-refractivity contribution in [3.05, 3.63) is 0 Å². The number of aliphatic hydroxyl groups excluding tert-OH is 1. The molecule has 0 aromatic carbocycles. The number of nitrogens with two attached hydrogens (primary N) is 1. The van der Waals surface area contributed by atoms with Gasteiger partial charge in [-0.05, 0) is 177 Å². The van der Waals surface area contributed by atoms with E-state index in [0.29, 0.717) is 64.7 Å². The van der Waals surface area contributed by atoms with Gasteiger partial charge in [0.25, 0.3) is 0 Å². The Morgan fingerprint density at radius 3 is 2.20 bits per heavy atom. The number of nitrogens with one attached hydrogen (secondary N) is 3. The van der Waals surface area contributed by atoms with Crippen LogP contribution in [0.3, 0.4) is 0 Å². The molecule has 4 saturated carbocycles. The Bertz CT molecular complexity index is 869. The van der Waals surface area contributed by atoms with E-state index in [2.05, 4.69) is 50.6 Å². The summed E-state index contributed by atoms with van der Waals surface area (Å²) in [5, 5.41) is 22.8. The lowest BCUT2D eigenvalue weighted by Crippen LogP contribution is -2.59. The van der Waals surface area contributed by atoms with E-state index in [0.717, 1.165) is 71.6 Å². The molecular formula is C37H71N5O2. The number of hydrogen-bond acceptors (Lipinski definition) is 6. The van der Waals surface area contributed by atoms with Crippen LogP contribution in [0.5, 0.6) is 0 Å². The molecule has 0 aliphatic heterocycles. The average molecular weight is 618 g/mol. The van der Waals surface area contributed by atoms with Crippen LogP contribution in [0.1, 0.15) is 118 Å². The Labute approximate surface area is 271 Å². The molecule has 0 heterocycles. The summed E-state index contributed by atoms with van der Waals surface area (Å²) in [6.45, 7) is 19.5. The van der Waals surface area contributed by atoms with Crippen LogP contribution >= 0.6 is 0 Å². The van der Waals surface area contributed by atoms with Crippen molar-refractivity contribution in [3.8, 4) is 0 Å². The zero-order valence-corrected chi connectivity index (χ0v) is 29.3. The van der Waals surface area contributed by atoms with Gasteiger partial charge >= 0.3 is 0 Å². The average Bonchev–Trinajstić information content (AvgIpc) is 3.37. The minimum Gasteiger partial charge on any atom is -0.393 e. The number of carbonyl (C=O) groups is 1. The largest absolute Gasteiger partial charge is 0.393 e. The first kappa shape index (κ1) is 36.1. The van der Waals surface area contributed by atoms with Crippen molar-refractivity contribution < 1.29 is 9.90 Å². The molecule has 0 saturated heterocycles. The lowest BCUT2D eigenvalue weighted by Gasteiger charge is -2.62. The van der Waals surface area contributed by atoms with Gasteiger partial charge in [-0.25, -0.2) is 0 Å². The van der Waals surface area contributed by atoms with E-state index in [-0.39, 0.29) is 6.10 Å². The summed E-state index contributed by atoms with van der Waals surface area (Å²) in [4.78, 5) is 14.7. The fraction of sp³-hybridized carbons (Fsp3) is 0.973. The lowest BCUT2D eigenvalue weighted by atomic mass is 9.43. The summed E-state index contributed by atoms with van der Waals surface area (Å²) in [6.07, 6.45) is 15.0. The van der Waals surface area contributed by atoms with Crippen molar-refractivity contribution in [3.63, 3.8) is 0 Å². The molecule has 44 heavy (non-hydrogen) atoms. The van der Waals surface area contributed by atoms with Crippen LogP contribution in [0.4, 0.5) is 0 Å². The van der Waals surface area contributed by atoms with Gasteiger partial charge < -0.3 is 31.7 Å². The number of nitrogens with zero attached hydrogens (tertiary/aromatic N) is 1. The summed E-state index contributed by atoms with van der Waals surface area (Å²) in [7, 11) is 0. The van der Waals surface area contributed by atoms with Gasteiger partial charge in [0.2, 0.25) is 5.91 Å². The van der Waals surface area contributed by atoms with Crippen LogP contribution in [-0.2, 0) is 4.79 Å². The maximum absolute atomic E-state index is 12.7. The first-order valence-electron chi connectivity index (χ1n) is 19.0. The molecule has 4 rings (SSSR count). The maximum atomic E-state index is 12.7. The van der Waals surface area contributed by atoms with Gasteiger partial charge in [-0.2, -0.15) is 0 Å². The Morgan fingerprint density at radius 2 is 1.52 bits per heavy atom. The fourth-order valence-corrected chi connectivity index (χ4v) is 11.0. The minimum atomic E-state index is -0.145. The SMILES string of the molecule is CCN(CC)C(=O)CC[C@@H](C)[C@H]1CCC2C3C(CC[C@@]21C)[C@@]1(C)CC[C@H](NCCCNCCCNCCCN)CC1C[C@H]3O. The second-order valence-electron chi connectivity index (χ2n) is 15.9. The van der Waals surface area contributed by atoms with E-state index in [9.17, 15) is 9.90 Å². The van der Waals surface area contributed by atoms with E-state index in [1.807, 2.05) is 4.90 Å². The number of carbonyl (C=O) groups excluding carboxylic acids is 1. The van der Waals surface area contributed by atoms with Crippen molar-refractivity contribution >= 4 is 5.91 Å². The quantitative estimate of drug-likeness (QED) is 0.136. The highest BCUT2D eigenvalue weighted by Crippen LogP contribution is 2.68. The monoisotopic (exact) mass is 618 g/mol. The third-order valence-electron chi connectivity index (χ3n) is 13.6. The Hall–Kier alpha value is -0.730. The molecule has 4 fully saturated rings. The molecule has 0 aromatic rings. The van der Waals surface area contributed by atoms with Crippen LogP contribution in [0.2, 0.25) is 0 Å². The Morgan fingerprint density at radius 1 is 0.886 bits per heavy atom. The molecule has 4 aliphatic carbocycles. The van der Waals surface area contributed by atoms with Crippen molar-refractivity contribution in [1.82, 2.24) is 20.9 Å². The summed E-state index contributed by atoms with van der Waals surface area (Å²) in [5.41, 5.74) is 6.24. The second kappa shape index (κ2) is 16.9. The highest BCUT2D eigenvalue weighted by atomic mass is 16.3. The van der Waals surface area contributed by atoms with Gasteiger partial charge in [-0.15, -0.1) is 0 Å². The maximum Gasteiger partial charge on any atom is 0.222 e. The first-order chi connectivity index (χ1) is 21.2. The summed E-state index contributed by atoms with van der Waals surface area (Å²) in [5.74, 6) is 4.00. The normalized spacial score (nSPS) is 37.2. The fourth-order valence-electron chi connectivity index (χ4n) is 11.0. The van der Waals surface area contributed by atoms with E-state index < -0.39 is 0 Å². The third-order valence-corrected chi connectivity index (χ3v) is 13.6. The molecule has 256 valence electrons. The molecule has 4 unspecified atom stereocenters. The molecule has 1 amide bonds. The van der Waals surface area contributed by atoms with Gasteiger partial charge in [-0.1, -0.05) is 20.8 Å². The Kier molecular flexibility index (Phi) is 13.9. The lowest BCUT2D eigenvalue weighted by molar-refractivity contribution is -0.167. The van der Waals surface area contributed by atoms with E-state index in [4.69, 9.17) is 5.73 Å². The van der Waals surface area contributed by atoms with Gasteiger partial charge in [0.1, 0.15) is 0 Å². The number of amides is 1. The minimum absolute atomic E-state index is 0.145. The Balaban J connectivity index is 1.23. The topological polar surface area (TPSA) is 103 Å². The zero-order chi connectivity index (χ0) is 31.7. The summed E-state index contributed by atoms with van der Waals surface area (Å²) >= 11 is 0. The van der Waals surface area contributed by atoms with E-state index in [1.54, 1.807) is 0 Å². The van der Waals surface area contributed by atoms with E-state index >= 15 is 0 Å². The molecule has 0 spiro atoms. The molecular weight excluding hydrogens is 546 g/mol. The smallest absolute Gasteiger partial charge is 0.222 e. The van der Waals surface area contributed by atoms with Crippen molar-refractivity contribution in [2.75, 3.05) is 52.4 Å². The molecule has 6 N–H and O–H groups in total. The number of fused-ring (bicyclic) bond motifs is 5.